The molecule has 0 amide bonds. The van der Waals surface area contributed by atoms with Crippen LogP contribution in [0.2, 0.25) is 5.02 Å². The lowest BCUT2D eigenvalue weighted by Crippen LogP contribution is -1.88. The van der Waals surface area contributed by atoms with Crippen LogP contribution in [0.5, 0.6) is 0 Å². The largest absolute Gasteiger partial charge is 0.398 e. The van der Waals surface area contributed by atoms with Crippen LogP contribution >= 0.6 is 11.6 Å². The molecule has 0 spiro atoms. The highest BCUT2D eigenvalue weighted by molar-refractivity contribution is 6.31. The molecule has 0 aliphatic heterocycles. The summed E-state index contributed by atoms with van der Waals surface area (Å²) in [5.41, 5.74) is 8.45. The van der Waals surface area contributed by atoms with Crippen molar-refractivity contribution < 1.29 is 0 Å². The summed E-state index contributed by atoms with van der Waals surface area (Å²) in [4.78, 5) is 0. The van der Waals surface area contributed by atoms with Crippen molar-refractivity contribution in [2.24, 2.45) is 7.05 Å². The molecule has 1 aromatic heterocycles. The summed E-state index contributed by atoms with van der Waals surface area (Å²) in [5, 5.41) is 4.76. The lowest BCUT2D eigenvalue weighted by atomic mass is 10.1. The highest BCUT2D eigenvalue weighted by Gasteiger charge is 2.04. The molecule has 4 heteroatoms. The fourth-order valence-electron chi connectivity index (χ4n) is 1.34. The number of rotatable bonds is 1. The quantitative estimate of drug-likeness (QED) is 0.730. The first-order valence-corrected chi connectivity index (χ1v) is 4.58. The normalized spacial score (nSPS) is 10.4. The third kappa shape index (κ3) is 1.59. The van der Waals surface area contributed by atoms with Crippen LogP contribution < -0.4 is 5.73 Å². The number of benzene rings is 1. The van der Waals surface area contributed by atoms with Crippen molar-refractivity contribution in [3.63, 3.8) is 0 Å². The van der Waals surface area contributed by atoms with E-state index < -0.39 is 0 Å². The van der Waals surface area contributed by atoms with Gasteiger partial charge in [-0.3, -0.25) is 4.68 Å². The predicted molar refractivity (Wildman–Crippen MR) is 58.1 cm³/mol. The highest BCUT2D eigenvalue weighted by Crippen LogP contribution is 2.28. The fourth-order valence-corrected chi connectivity index (χ4v) is 1.51. The smallest absolute Gasteiger partial charge is 0.0568 e. The van der Waals surface area contributed by atoms with Gasteiger partial charge in [-0.25, -0.2) is 0 Å². The van der Waals surface area contributed by atoms with Crippen LogP contribution in [0, 0.1) is 0 Å². The van der Waals surface area contributed by atoms with E-state index in [4.69, 9.17) is 17.3 Å². The average molecular weight is 208 g/mol. The van der Waals surface area contributed by atoms with E-state index in [1.54, 1.807) is 23.0 Å². The van der Waals surface area contributed by atoms with Gasteiger partial charge in [0.15, 0.2) is 0 Å². The number of hydrogen-bond donors (Lipinski definition) is 1. The topological polar surface area (TPSA) is 43.8 Å². The van der Waals surface area contributed by atoms with Gasteiger partial charge < -0.3 is 5.73 Å². The summed E-state index contributed by atoms with van der Waals surface area (Å²) in [6, 6.07) is 5.41. The van der Waals surface area contributed by atoms with Crippen LogP contribution in [-0.4, -0.2) is 9.78 Å². The molecule has 0 atom stereocenters. The van der Waals surface area contributed by atoms with E-state index in [1.165, 1.54) is 0 Å². The molecule has 0 aliphatic rings. The highest BCUT2D eigenvalue weighted by atomic mass is 35.5. The van der Waals surface area contributed by atoms with Gasteiger partial charge in [0.1, 0.15) is 0 Å². The molecule has 14 heavy (non-hydrogen) atoms. The minimum absolute atomic E-state index is 0.679. The number of hydrogen-bond acceptors (Lipinski definition) is 2. The number of nitrogens with zero attached hydrogens (tertiary/aromatic N) is 2. The standard InChI is InChI=1S/C10H10ClN3/c1-14-6-7(5-13-14)9-4-8(11)2-3-10(9)12/h2-6H,12H2,1H3. The van der Waals surface area contributed by atoms with E-state index in [2.05, 4.69) is 5.10 Å². The summed E-state index contributed by atoms with van der Waals surface area (Å²) in [7, 11) is 1.87. The van der Waals surface area contributed by atoms with Crippen molar-refractivity contribution in [1.29, 1.82) is 0 Å². The minimum atomic E-state index is 0.679. The Morgan fingerprint density at radius 2 is 2.21 bits per heavy atom. The third-order valence-corrected chi connectivity index (χ3v) is 2.27. The molecule has 2 N–H and O–H groups in total. The Hall–Kier alpha value is -1.48. The number of anilines is 1. The number of nitrogens with two attached hydrogens (primary N) is 1. The molecule has 0 saturated heterocycles. The minimum Gasteiger partial charge on any atom is -0.398 e. The molecular formula is C10H10ClN3. The second-order valence-corrected chi connectivity index (χ2v) is 3.57. The average Bonchev–Trinajstić information content (AvgIpc) is 2.56. The van der Waals surface area contributed by atoms with Gasteiger partial charge in [-0.05, 0) is 18.2 Å². The molecule has 0 saturated carbocycles. The van der Waals surface area contributed by atoms with E-state index in [9.17, 15) is 0 Å². The van der Waals surface area contributed by atoms with Crippen molar-refractivity contribution in [2.75, 3.05) is 5.73 Å². The van der Waals surface area contributed by atoms with Crippen molar-refractivity contribution in [3.05, 3.63) is 35.6 Å². The van der Waals surface area contributed by atoms with Gasteiger partial charge in [-0.2, -0.15) is 5.10 Å². The van der Waals surface area contributed by atoms with Gasteiger partial charge in [0, 0.05) is 35.1 Å². The maximum Gasteiger partial charge on any atom is 0.0568 e. The van der Waals surface area contributed by atoms with Gasteiger partial charge in [-0.15, -0.1) is 0 Å². The van der Waals surface area contributed by atoms with Crippen molar-refractivity contribution >= 4 is 17.3 Å². The van der Waals surface area contributed by atoms with Gasteiger partial charge >= 0.3 is 0 Å². The summed E-state index contributed by atoms with van der Waals surface area (Å²) >= 11 is 5.89. The Bertz CT molecular complexity index is 462. The lowest BCUT2D eigenvalue weighted by Gasteiger charge is -2.02. The zero-order chi connectivity index (χ0) is 10.1. The zero-order valence-electron chi connectivity index (χ0n) is 7.74. The van der Waals surface area contributed by atoms with Crippen LogP contribution in [0.3, 0.4) is 0 Å². The second-order valence-electron chi connectivity index (χ2n) is 3.13. The Labute approximate surface area is 87.1 Å². The molecule has 0 fully saturated rings. The predicted octanol–water partition coefficient (Wildman–Crippen LogP) is 2.32. The van der Waals surface area contributed by atoms with E-state index >= 15 is 0 Å². The van der Waals surface area contributed by atoms with Crippen LogP contribution in [0.1, 0.15) is 0 Å². The van der Waals surface area contributed by atoms with Crippen molar-refractivity contribution in [3.8, 4) is 11.1 Å². The number of aromatic nitrogens is 2. The van der Waals surface area contributed by atoms with Crippen LogP contribution in [0.15, 0.2) is 30.6 Å². The van der Waals surface area contributed by atoms with Crippen molar-refractivity contribution in [1.82, 2.24) is 9.78 Å². The number of aryl methyl sites for hydroxylation is 1. The van der Waals surface area contributed by atoms with Gasteiger partial charge in [-0.1, -0.05) is 11.6 Å². The maximum absolute atomic E-state index is 5.89. The molecule has 2 rings (SSSR count). The summed E-state index contributed by atoms with van der Waals surface area (Å²) in [5.74, 6) is 0. The van der Waals surface area contributed by atoms with E-state index in [-0.39, 0.29) is 0 Å². The van der Waals surface area contributed by atoms with E-state index in [0.717, 1.165) is 11.1 Å². The number of halogens is 1. The molecule has 1 heterocycles. The van der Waals surface area contributed by atoms with E-state index in [0.29, 0.717) is 10.7 Å². The summed E-state index contributed by atoms with van der Waals surface area (Å²) in [6.45, 7) is 0. The Morgan fingerprint density at radius 1 is 1.43 bits per heavy atom. The fraction of sp³-hybridized carbons (Fsp3) is 0.100. The molecule has 3 nitrogen and oxygen atoms in total. The first-order chi connectivity index (χ1) is 6.66. The SMILES string of the molecule is Cn1cc(-c2cc(Cl)ccc2N)cn1. The molecule has 0 aliphatic carbocycles. The van der Waals surface area contributed by atoms with Crippen LogP contribution in [0.4, 0.5) is 5.69 Å². The first kappa shape index (κ1) is 9.09. The van der Waals surface area contributed by atoms with E-state index in [1.807, 2.05) is 19.3 Å². The summed E-state index contributed by atoms with van der Waals surface area (Å²) in [6.07, 6.45) is 3.67. The summed E-state index contributed by atoms with van der Waals surface area (Å²) < 4.78 is 1.73. The van der Waals surface area contributed by atoms with Crippen LogP contribution in [0.25, 0.3) is 11.1 Å². The van der Waals surface area contributed by atoms with Crippen LogP contribution in [-0.2, 0) is 7.05 Å². The molecular weight excluding hydrogens is 198 g/mol. The Morgan fingerprint density at radius 3 is 2.86 bits per heavy atom. The Balaban J connectivity index is 2.55. The molecule has 0 radical (unpaired) electrons. The molecule has 1 aromatic carbocycles. The maximum atomic E-state index is 5.89. The first-order valence-electron chi connectivity index (χ1n) is 4.21. The molecule has 0 unspecified atom stereocenters. The molecule has 2 aromatic rings. The second kappa shape index (κ2) is 3.35. The van der Waals surface area contributed by atoms with Gasteiger partial charge in [0.05, 0.1) is 6.20 Å². The number of nitrogen functional groups attached to an aromatic ring is 1. The third-order valence-electron chi connectivity index (χ3n) is 2.03. The molecule has 0 bridgehead atoms. The van der Waals surface area contributed by atoms with Crippen molar-refractivity contribution in [2.45, 2.75) is 0 Å². The Kier molecular flexibility index (Phi) is 2.17. The van der Waals surface area contributed by atoms with Gasteiger partial charge in [0.2, 0.25) is 0 Å². The monoisotopic (exact) mass is 207 g/mol. The zero-order valence-corrected chi connectivity index (χ0v) is 8.49. The molecule has 72 valence electrons. The lowest BCUT2D eigenvalue weighted by molar-refractivity contribution is 0.768. The van der Waals surface area contributed by atoms with Gasteiger partial charge in [0.25, 0.3) is 0 Å².